The number of hydrogen-bond donors (Lipinski definition) is 2. The van der Waals surface area contributed by atoms with Gasteiger partial charge in [0.1, 0.15) is 0 Å². The summed E-state index contributed by atoms with van der Waals surface area (Å²) in [7, 11) is -3.54. The van der Waals surface area contributed by atoms with Crippen LogP contribution in [-0.2, 0) is 16.6 Å². The molecule has 0 radical (unpaired) electrons. The van der Waals surface area contributed by atoms with Crippen molar-refractivity contribution in [2.75, 3.05) is 0 Å². The van der Waals surface area contributed by atoms with Crippen molar-refractivity contribution < 1.29 is 13.5 Å². The third kappa shape index (κ3) is 3.95. The highest BCUT2D eigenvalue weighted by atomic mass is 35.5. The Hall–Kier alpha value is -0.620. The van der Waals surface area contributed by atoms with Gasteiger partial charge >= 0.3 is 0 Å². The highest BCUT2D eigenvalue weighted by molar-refractivity contribution is 7.89. The van der Waals surface area contributed by atoms with Crippen LogP contribution in [0.5, 0.6) is 0 Å². The van der Waals surface area contributed by atoms with Crippen LogP contribution in [-0.4, -0.2) is 19.6 Å². The van der Waals surface area contributed by atoms with Crippen molar-refractivity contribution in [2.45, 2.75) is 56.1 Å². The van der Waals surface area contributed by atoms with E-state index in [0.29, 0.717) is 5.56 Å². The standard InChI is InChI=1S/C14H20ClNO3S/c15-14-9-13(8-7-11(14)10-17)20(18,19)16-12-5-3-1-2-4-6-12/h7-9,12,16-17H,1-6,10H2. The topological polar surface area (TPSA) is 66.4 Å². The van der Waals surface area contributed by atoms with Gasteiger partial charge < -0.3 is 5.11 Å². The molecule has 1 aliphatic carbocycles. The second-order valence-electron chi connectivity index (χ2n) is 5.22. The van der Waals surface area contributed by atoms with Crippen molar-refractivity contribution in [3.63, 3.8) is 0 Å². The Bertz CT molecular complexity index is 552. The van der Waals surface area contributed by atoms with Crippen molar-refractivity contribution in [3.05, 3.63) is 28.8 Å². The predicted octanol–water partition coefficient (Wildman–Crippen LogP) is 2.83. The molecule has 112 valence electrons. The summed E-state index contributed by atoms with van der Waals surface area (Å²) < 4.78 is 27.4. The highest BCUT2D eigenvalue weighted by Gasteiger charge is 2.21. The van der Waals surface area contributed by atoms with Gasteiger partial charge in [0.25, 0.3) is 0 Å². The molecule has 6 heteroatoms. The summed E-state index contributed by atoms with van der Waals surface area (Å²) in [6.07, 6.45) is 6.27. The number of sulfonamides is 1. The average molecular weight is 318 g/mol. The molecule has 2 rings (SSSR count). The Labute approximate surface area is 125 Å². The molecule has 0 aromatic heterocycles. The molecule has 1 fully saturated rings. The summed E-state index contributed by atoms with van der Waals surface area (Å²) in [5.41, 5.74) is 0.528. The fraction of sp³-hybridized carbons (Fsp3) is 0.571. The molecule has 1 saturated carbocycles. The second kappa shape index (κ2) is 6.89. The molecular formula is C14H20ClNO3S. The Balaban J connectivity index is 2.15. The van der Waals surface area contributed by atoms with E-state index in [9.17, 15) is 8.42 Å². The smallest absolute Gasteiger partial charge is 0.240 e. The minimum absolute atomic E-state index is 0.0128. The minimum Gasteiger partial charge on any atom is -0.392 e. The van der Waals surface area contributed by atoms with Gasteiger partial charge in [-0.05, 0) is 30.5 Å². The number of benzene rings is 1. The Morgan fingerprint density at radius 2 is 1.85 bits per heavy atom. The zero-order valence-corrected chi connectivity index (χ0v) is 12.9. The summed E-state index contributed by atoms with van der Waals surface area (Å²) in [6.45, 7) is -0.199. The molecule has 1 aromatic rings. The fourth-order valence-corrected chi connectivity index (χ4v) is 4.14. The van der Waals surface area contributed by atoms with Crippen molar-refractivity contribution >= 4 is 21.6 Å². The van der Waals surface area contributed by atoms with E-state index in [2.05, 4.69) is 4.72 Å². The predicted molar refractivity (Wildman–Crippen MR) is 79.2 cm³/mol. The number of hydrogen-bond acceptors (Lipinski definition) is 3. The molecule has 0 atom stereocenters. The van der Waals surface area contributed by atoms with E-state index in [1.54, 1.807) is 6.07 Å². The van der Waals surface area contributed by atoms with Crippen molar-refractivity contribution in [3.8, 4) is 0 Å². The van der Waals surface area contributed by atoms with Gasteiger partial charge in [-0.25, -0.2) is 13.1 Å². The summed E-state index contributed by atoms with van der Waals surface area (Å²) >= 11 is 5.95. The van der Waals surface area contributed by atoms with Crippen LogP contribution >= 0.6 is 11.6 Å². The minimum atomic E-state index is -3.54. The van der Waals surface area contributed by atoms with Gasteiger partial charge in [-0.15, -0.1) is 0 Å². The normalized spacial score (nSPS) is 17.9. The molecule has 0 unspecified atom stereocenters. The summed E-state index contributed by atoms with van der Waals surface area (Å²) in [6, 6.07) is 4.44. The maximum absolute atomic E-state index is 12.3. The third-order valence-corrected chi connectivity index (χ3v) is 5.55. The Kier molecular flexibility index (Phi) is 5.43. The molecule has 20 heavy (non-hydrogen) atoms. The van der Waals surface area contributed by atoms with E-state index < -0.39 is 10.0 Å². The molecule has 4 nitrogen and oxygen atoms in total. The van der Waals surface area contributed by atoms with E-state index in [1.165, 1.54) is 25.0 Å². The van der Waals surface area contributed by atoms with Crippen LogP contribution in [0.4, 0.5) is 0 Å². The first kappa shape index (κ1) is 15.8. The van der Waals surface area contributed by atoms with E-state index in [4.69, 9.17) is 16.7 Å². The van der Waals surface area contributed by atoms with Gasteiger partial charge in [0.15, 0.2) is 0 Å². The second-order valence-corrected chi connectivity index (χ2v) is 7.34. The van der Waals surface area contributed by atoms with E-state index in [-0.39, 0.29) is 22.6 Å². The molecule has 1 aliphatic rings. The van der Waals surface area contributed by atoms with Gasteiger partial charge in [-0.3, -0.25) is 0 Å². The van der Waals surface area contributed by atoms with Crippen LogP contribution in [0.25, 0.3) is 0 Å². The van der Waals surface area contributed by atoms with Crippen LogP contribution in [0.1, 0.15) is 44.1 Å². The number of nitrogens with one attached hydrogen (secondary N) is 1. The SMILES string of the molecule is O=S(=O)(NC1CCCCCC1)c1ccc(CO)c(Cl)c1. The lowest BCUT2D eigenvalue weighted by Gasteiger charge is -2.16. The summed E-state index contributed by atoms with van der Waals surface area (Å²) in [5.74, 6) is 0. The van der Waals surface area contributed by atoms with Gasteiger partial charge in [-0.2, -0.15) is 0 Å². The van der Waals surface area contributed by atoms with Crippen LogP contribution in [0, 0.1) is 0 Å². The molecule has 0 aliphatic heterocycles. The molecule has 0 heterocycles. The van der Waals surface area contributed by atoms with Crippen molar-refractivity contribution in [1.29, 1.82) is 0 Å². The molecule has 1 aromatic carbocycles. The monoisotopic (exact) mass is 317 g/mol. The third-order valence-electron chi connectivity index (χ3n) is 3.68. The quantitative estimate of drug-likeness (QED) is 0.839. The van der Waals surface area contributed by atoms with Crippen molar-refractivity contribution in [2.24, 2.45) is 0 Å². The van der Waals surface area contributed by atoms with Crippen molar-refractivity contribution in [1.82, 2.24) is 4.72 Å². The zero-order chi connectivity index (χ0) is 14.6. The first-order valence-corrected chi connectivity index (χ1v) is 8.80. The Morgan fingerprint density at radius 1 is 1.20 bits per heavy atom. The van der Waals surface area contributed by atoms with Gasteiger partial charge in [0, 0.05) is 11.1 Å². The first-order valence-electron chi connectivity index (χ1n) is 6.94. The highest BCUT2D eigenvalue weighted by Crippen LogP contribution is 2.23. The zero-order valence-electron chi connectivity index (χ0n) is 11.3. The average Bonchev–Trinajstić information content (AvgIpc) is 2.66. The van der Waals surface area contributed by atoms with Crippen LogP contribution in [0.3, 0.4) is 0 Å². The maximum Gasteiger partial charge on any atom is 0.240 e. The van der Waals surface area contributed by atoms with Crippen LogP contribution < -0.4 is 4.72 Å². The maximum atomic E-state index is 12.3. The van der Waals surface area contributed by atoms with E-state index in [1.807, 2.05) is 0 Å². The van der Waals surface area contributed by atoms with Gasteiger partial charge in [0.05, 0.1) is 11.5 Å². The lowest BCUT2D eigenvalue weighted by atomic mass is 10.1. The number of aliphatic hydroxyl groups is 1. The molecule has 2 N–H and O–H groups in total. The molecular weight excluding hydrogens is 298 g/mol. The van der Waals surface area contributed by atoms with E-state index >= 15 is 0 Å². The van der Waals surface area contributed by atoms with Crippen LogP contribution in [0.15, 0.2) is 23.1 Å². The fourth-order valence-electron chi connectivity index (χ4n) is 2.51. The van der Waals surface area contributed by atoms with E-state index in [0.717, 1.165) is 25.7 Å². The number of halogens is 1. The Morgan fingerprint density at radius 3 is 2.40 bits per heavy atom. The molecule has 0 spiro atoms. The van der Waals surface area contributed by atoms with Crippen LogP contribution in [0.2, 0.25) is 5.02 Å². The first-order chi connectivity index (χ1) is 9.53. The summed E-state index contributed by atoms with van der Waals surface area (Å²) in [4.78, 5) is 0.156. The van der Waals surface area contributed by atoms with Gasteiger partial charge in [-0.1, -0.05) is 43.4 Å². The molecule has 0 bridgehead atoms. The summed E-state index contributed by atoms with van der Waals surface area (Å²) in [5, 5.41) is 9.33. The number of rotatable bonds is 4. The molecule has 0 saturated heterocycles. The largest absolute Gasteiger partial charge is 0.392 e. The lowest BCUT2D eigenvalue weighted by molar-refractivity contribution is 0.282. The molecule has 0 amide bonds. The number of aliphatic hydroxyl groups excluding tert-OH is 1. The lowest BCUT2D eigenvalue weighted by Crippen LogP contribution is -2.34. The van der Waals surface area contributed by atoms with Gasteiger partial charge in [0.2, 0.25) is 10.0 Å².